The molecule has 1 aliphatic rings. The number of fused-ring (bicyclic) bond motifs is 1. The molecule has 3 heterocycles. The molecular formula is C26H31N7O2S. The minimum atomic E-state index is -3.37. The summed E-state index contributed by atoms with van der Waals surface area (Å²) in [5, 5.41) is 7.65. The summed E-state index contributed by atoms with van der Waals surface area (Å²) in [6.07, 6.45) is 4.95. The molecule has 1 aliphatic heterocycles. The number of sulfonamides is 1. The third-order valence-electron chi connectivity index (χ3n) is 6.63. The Morgan fingerprint density at radius 3 is 2.67 bits per heavy atom. The average Bonchev–Trinajstić information content (AvgIpc) is 3.26. The molecule has 0 saturated carbocycles. The monoisotopic (exact) mass is 505 g/mol. The van der Waals surface area contributed by atoms with Crippen molar-refractivity contribution in [3.8, 4) is 0 Å². The van der Waals surface area contributed by atoms with Gasteiger partial charge in [0.15, 0.2) is 0 Å². The molecule has 1 saturated heterocycles. The molecule has 1 atom stereocenters. The summed E-state index contributed by atoms with van der Waals surface area (Å²) >= 11 is 0. The SMILES string of the molecule is C[C@@H]1CNCCN1c1ccc(Nc2ncc3ccn(Cc4ccccc4N(C)S(C)(=O)=O)c3n2)cc1. The number of piperazine rings is 1. The molecule has 4 aromatic rings. The van der Waals surface area contributed by atoms with Gasteiger partial charge in [0.25, 0.3) is 0 Å². The topological polar surface area (TPSA) is 95.4 Å². The highest BCUT2D eigenvalue weighted by Crippen LogP contribution is 2.26. The summed E-state index contributed by atoms with van der Waals surface area (Å²) in [5.41, 5.74) is 4.43. The molecule has 9 nitrogen and oxygen atoms in total. The molecule has 0 amide bonds. The van der Waals surface area contributed by atoms with Crippen LogP contribution in [0.1, 0.15) is 12.5 Å². The maximum Gasteiger partial charge on any atom is 0.232 e. The van der Waals surface area contributed by atoms with Gasteiger partial charge in [-0.25, -0.2) is 13.4 Å². The highest BCUT2D eigenvalue weighted by molar-refractivity contribution is 7.92. The second-order valence-corrected chi connectivity index (χ2v) is 11.2. The molecule has 10 heteroatoms. The number of hydrogen-bond acceptors (Lipinski definition) is 7. The predicted octanol–water partition coefficient (Wildman–Crippen LogP) is 3.42. The van der Waals surface area contributed by atoms with E-state index in [0.29, 0.717) is 24.2 Å². The van der Waals surface area contributed by atoms with Crippen molar-refractivity contribution in [3.63, 3.8) is 0 Å². The zero-order valence-electron chi connectivity index (χ0n) is 20.7. The van der Waals surface area contributed by atoms with Crippen LogP contribution in [0.5, 0.6) is 0 Å². The molecule has 0 spiro atoms. The van der Waals surface area contributed by atoms with Crippen LogP contribution in [-0.4, -0.2) is 61.9 Å². The average molecular weight is 506 g/mol. The molecule has 36 heavy (non-hydrogen) atoms. The lowest BCUT2D eigenvalue weighted by Gasteiger charge is -2.36. The normalized spacial score (nSPS) is 16.3. The summed E-state index contributed by atoms with van der Waals surface area (Å²) in [6.45, 7) is 5.69. The first-order chi connectivity index (χ1) is 17.3. The van der Waals surface area contributed by atoms with E-state index in [1.165, 1.54) is 16.2 Å². The van der Waals surface area contributed by atoms with Crippen LogP contribution in [0.2, 0.25) is 0 Å². The second-order valence-electron chi connectivity index (χ2n) is 9.19. The Hall–Kier alpha value is -3.63. The molecule has 2 N–H and O–H groups in total. The van der Waals surface area contributed by atoms with Crippen LogP contribution in [0.4, 0.5) is 23.0 Å². The van der Waals surface area contributed by atoms with Crippen LogP contribution in [0, 0.1) is 0 Å². The van der Waals surface area contributed by atoms with Gasteiger partial charge in [0.2, 0.25) is 16.0 Å². The van der Waals surface area contributed by atoms with Crippen molar-refractivity contribution < 1.29 is 8.42 Å². The molecule has 188 valence electrons. The maximum atomic E-state index is 12.1. The van der Waals surface area contributed by atoms with E-state index < -0.39 is 10.0 Å². The lowest BCUT2D eigenvalue weighted by molar-refractivity contribution is 0.501. The van der Waals surface area contributed by atoms with Gasteiger partial charge in [-0.1, -0.05) is 18.2 Å². The summed E-state index contributed by atoms with van der Waals surface area (Å²) in [6, 6.07) is 18.3. The highest BCUT2D eigenvalue weighted by Gasteiger charge is 2.18. The summed E-state index contributed by atoms with van der Waals surface area (Å²) in [4.78, 5) is 11.7. The van der Waals surface area contributed by atoms with E-state index >= 15 is 0 Å². The van der Waals surface area contributed by atoms with Gasteiger partial charge in [-0.3, -0.25) is 4.31 Å². The van der Waals surface area contributed by atoms with Gasteiger partial charge in [-0.05, 0) is 48.9 Å². The van der Waals surface area contributed by atoms with Crippen LogP contribution in [0.3, 0.4) is 0 Å². The molecule has 0 aliphatic carbocycles. The van der Waals surface area contributed by atoms with Crippen LogP contribution in [0.15, 0.2) is 67.0 Å². The molecule has 0 unspecified atom stereocenters. The van der Waals surface area contributed by atoms with Crippen molar-refractivity contribution >= 4 is 44.1 Å². The first-order valence-corrected chi connectivity index (χ1v) is 13.8. The predicted molar refractivity (Wildman–Crippen MR) is 146 cm³/mol. The van der Waals surface area contributed by atoms with Crippen molar-refractivity contribution in [2.24, 2.45) is 0 Å². The Balaban J connectivity index is 1.37. The van der Waals surface area contributed by atoms with E-state index in [4.69, 9.17) is 4.98 Å². The zero-order valence-corrected chi connectivity index (χ0v) is 21.5. The molecule has 5 rings (SSSR count). The zero-order chi connectivity index (χ0) is 25.3. The van der Waals surface area contributed by atoms with Gasteiger partial charge < -0.3 is 20.1 Å². The quantitative estimate of drug-likeness (QED) is 0.397. The van der Waals surface area contributed by atoms with Gasteiger partial charge in [0.05, 0.1) is 18.5 Å². The summed E-state index contributed by atoms with van der Waals surface area (Å²) < 4.78 is 27.6. The van der Waals surface area contributed by atoms with Gasteiger partial charge in [-0.15, -0.1) is 0 Å². The second kappa shape index (κ2) is 9.79. The number of para-hydroxylation sites is 1. The Kier molecular flexibility index (Phi) is 6.55. The minimum absolute atomic E-state index is 0.457. The number of benzene rings is 2. The summed E-state index contributed by atoms with van der Waals surface area (Å²) in [7, 11) is -1.80. The molecule has 2 aromatic carbocycles. The highest BCUT2D eigenvalue weighted by atomic mass is 32.2. The lowest BCUT2D eigenvalue weighted by atomic mass is 10.1. The van der Waals surface area contributed by atoms with Crippen LogP contribution in [-0.2, 0) is 16.6 Å². The van der Waals surface area contributed by atoms with Crippen molar-refractivity contribution in [3.05, 3.63) is 72.6 Å². The maximum absolute atomic E-state index is 12.1. The van der Waals surface area contributed by atoms with Crippen molar-refractivity contribution in [1.29, 1.82) is 0 Å². The molecule has 1 fully saturated rings. The van der Waals surface area contributed by atoms with E-state index in [0.717, 1.165) is 41.9 Å². The first-order valence-electron chi connectivity index (χ1n) is 12.0. The molecule has 0 bridgehead atoms. The Labute approximate surface area is 211 Å². The van der Waals surface area contributed by atoms with Crippen LogP contribution in [0.25, 0.3) is 11.0 Å². The fourth-order valence-corrected chi connectivity index (χ4v) is 5.10. The number of aromatic nitrogens is 3. The Morgan fingerprint density at radius 2 is 1.92 bits per heavy atom. The molecule has 0 radical (unpaired) electrons. The third kappa shape index (κ3) is 5.00. The van der Waals surface area contributed by atoms with Crippen LogP contribution >= 0.6 is 0 Å². The van der Waals surface area contributed by atoms with E-state index in [-0.39, 0.29) is 0 Å². The number of nitrogens with one attached hydrogen (secondary N) is 2. The Morgan fingerprint density at radius 1 is 1.14 bits per heavy atom. The third-order valence-corrected chi connectivity index (χ3v) is 7.82. The van der Waals surface area contributed by atoms with E-state index in [9.17, 15) is 8.42 Å². The molecular weight excluding hydrogens is 474 g/mol. The largest absolute Gasteiger partial charge is 0.366 e. The van der Waals surface area contributed by atoms with E-state index in [1.807, 2.05) is 53.2 Å². The number of hydrogen-bond donors (Lipinski definition) is 2. The number of anilines is 4. The first kappa shape index (κ1) is 24.1. The summed E-state index contributed by atoms with van der Waals surface area (Å²) in [5.74, 6) is 0.507. The van der Waals surface area contributed by atoms with Gasteiger partial charge >= 0.3 is 0 Å². The van der Waals surface area contributed by atoms with Gasteiger partial charge in [0.1, 0.15) is 5.65 Å². The van der Waals surface area contributed by atoms with E-state index in [2.05, 4.69) is 39.6 Å². The fraction of sp³-hybridized carbons (Fsp3) is 0.308. The van der Waals surface area contributed by atoms with Gasteiger partial charge in [0, 0.05) is 61.9 Å². The van der Waals surface area contributed by atoms with Crippen LogP contribution < -0.4 is 19.8 Å². The Bertz CT molecular complexity index is 1470. The number of nitrogens with zero attached hydrogens (tertiary/aromatic N) is 5. The molecule has 2 aromatic heterocycles. The smallest absolute Gasteiger partial charge is 0.232 e. The number of rotatable bonds is 7. The minimum Gasteiger partial charge on any atom is -0.366 e. The van der Waals surface area contributed by atoms with Gasteiger partial charge in [-0.2, -0.15) is 4.98 Å². The van der Waals surface area contributed by atoms with Crippen molar-refractivity contribution in [2.45, 2.75) is 19.5 Å². The fourth-order valence-electron chi connectivity index (χ4n) is 4.56. The van der Waals surface area contributed by atoms with Crippen molar-refractivity contribution in [1.82, 2.24) is 19.9 Å². The van der Waals surface area contributed by atoms with Crippen molar-refractivity contribution in [2.75, 3.05) is 47.5 Å². The standard InChI is InChI=1S/C26H31N7O2S/c1-19-16-27-13-15-33(19)23-10-8-22(9-11-23)29-26-28-17-20-12-14-32(25(20)30-26)18-21-6-4-5-7-24(21)31(2)36(3,34)35/h4-12,14,17,19,27H,13,15-16,18H2,1-3H3,(H,28,29,30)/t19-/m1/s1. The lowest BCUT2D eigenvalue weighted by Crippen LogP contribution is -2.49. The van der Waals surface area contributed by atoms with E-state index in [1.54, 1.807) is 13.2 Å².